The van der Waals surface area contributed by atoms with E-state index in [0.717, 1.165) is 29.7 Å². The molecule has 0 radical (unpaired) electrons. The molecule has 1 aromatic heterocycles. The summed E-state index contributed by atoms with van der Waals surface area (Å²) in [7, 11) is 0. The number of para-hydroxylation sites is 1. The van der Waals surface area contributed by atoms with Gasteiger partial charge in [-0.1, -0.05) is 24.3 Å². The fourth-order valence-electron chi connectivity index (χ4n) is 4.36. The summed E-state index contributed by atoms with van der Waals surface area (Å²) in [6.45, 7) is 7.77. The Morgan fingerprint density at radius 2 is 1.93 bits per heavy atom. The van der Waals surface area contributed by atoms with Crippen LogP contribution >= 0.6 is 0 Å². The van der Waals surface area contributed by atoms with E-state index >= 15 is 0 Å². The van der Waals surface area contributed by atoms with Gasteiger partial charge in [0.15, 0.2) is 0 Å². The van der Waals surface area contributed by atoms with E-state index in [4.69, 9.17) is 9.72 Å². The van der Waals surface area contributed by atoms with Crippen molar-refractivity contribution in [2.45, 2.75) is 31.9 Å². The van der Waals surface area contributed by atoms with E-state index in [1.807, 2.05) is 49.1 Å². The number of aliphatic hydroxyl groups is 1. The number of β-amino-alcohol motifs (C(OH)–C–C–N with tert-alkyl or cyclic N) is 1. The molecule has 150 valence electrons. The molecule has 2 atom stereocenters. The minimum Gasteiger partial charge on any atom is -0.391 e. The zero-order valence-electron chi connectivity index (χ0n) is 16.7. The van der Waals surface area contributed by atoms with E-state index < -0.39 is 11.6 Å². The summed E-state index contributed by atoms with van der Waals surface area (Å²) in [5, 5.41) is 11.7. The first-order chi connectivity index (χ1) is 13.4. The van der Waals surface area contributed by atoms with E-state index in [1.54, 1.807) is 0 Å². The van der Waals surface area contributed by atoms with Crippen molar-refractivity contribution < 1.29 is 14.6 Å². The Morgan fingerprint density at radius 3 is 2.71 bits per heavy atom. The smallest absolute Gasteiger partial charge is 0.242 e. The molecule has 0 spiro atoms. The first-order valence-corrected chi connectivity index (χ1v) is 10.1. The number of carbonyl (C=O) groups excluding carboxylic acids is 1. The lowest BCUT2D eigenvalue weighted by Crippen LogP contribution is -2.58. The van der Waals surface area contributed by atoms with E-state index in [-0.39, 0.29) is 11.8 Å². The maximum Gasteiger partial charge on any atom is 0.242 e. The Morgan fingerprint density at radius 1 is 1.18 bits per heavy atom. The van der Waals surface area contributed by atoms with Gasteiger partial charge in [0.1, 0.15) is 0 Å². The number of hydrogen-bond donors (Lipinski definition) is 1. The van der Waals surface area contributed by atoms with Gasteiger partial charge in [-0.3, -0.25) is 14.7 Å². The molecule has 2 aromatic rings. The van der Waals surface area contributed by atoms with E-state index in [0.29, 0.717) is 32.7 Å². The third-order valence-corrected chi connectivity index (χ3v) is 6.15. The van der Waals surface area contributed by atoms with Gasteiger partial charge < -0.3 is 14.7 Å². The number of aromatic nitrogens is 1. The molecule has 1 aromatic carbocycles. The predicted octanol–water partition coefficient (Wildman–Crippen LogP) is 1.71. The molecule has 2 aliphatic rings. The summed E-state index contributed by atoms with van der Waals surface area (Å²) in [6.07, 6.45) is 0.158. The summed E-state index contributed by atoms with van der Waals surface area (Å²) < 4.78 is 5.42. The molecule has 28 heavy (non-hydrogen) atoms. The normalized spacial score (nSPS) is 24.0. The van der Waals surface area contributed by atoms with Crippen molar-refractivity contribution in [3.63, 3.8) is 0 Å². The molecule has 2 saturated heterocycles. The minimum absolute atomic E-state index is 0.0121. The highest BCUT2D eigenvalue weighted by Crippen LogP contribution is 2.27. The van der Waals surface area contributed by atoms with Crippen LogP contribution in [0, 0.1) is 5.92 Å². The highest BCUT2D eigenvalue weighted by atomic mass is 16.5. The number of likely N-dealkylation sites (tertiary alicyclic amines) is 1. The van der Waals surface area contributed by atoms with Crippen molar-refractivity contribution in [2.75, 3.05) is 39.4 Å². The van der Waals surface area contributed by atoms with Gasteiger partial charge in [0.25, 0.3) is 0 Å². The number of nitrogens with zero attached hydrogens (tertiary/aromatic N) is 3. The molecule has 1 N–H and O–H groups in total. The number of morpholine rings is 1. The van der Waals surface area contributed by atoms with Gasteiger partial charge in [0.2, 0.25) is 5.91 Å². The van der Waals surface area contributed by atoms with Crippen LogP contribution in [-0.4, -0.2) is 76.8 Å². The van der Waals surface area contributed by atoms with Crippen LogP contribution in [0.5, 0.6) is 0 Å². The van der Waals surface area contributed by atoms with Gasteiger partial charge >= 0.3 is 0 Å². The van der Waals surface area contributed by atoms with Crippen LogP contribution < -0.4 is 0 Å². The van der Waals surface area contributed by atoms with Crippen LogP contribution in [0.1, 0.15) is 19.5 Å². The highest BCUT2D eigenvalue weighted by Gasteiger charge is 2.43. The monoisotopic (exact) mass is 383 g/mol. The number of amides is 1. The maximum absolute atomic E-state index is 13.2. The van der Waals surface area contributed by atoms with Gasteiger partial charge in [-0.05, 0) is 32.4 Å². The molecule has 0 aliphatic carbocycles. The number of fused-ring (bicyclic) bond motifs is 1. The van der Waals surface area contributed by atoms with E-state index in [9.17, 15) is 9.90 Å². The highest BCUT2D eigenvalue weighted by molar-refractivity contribution is 5.86. The zero-order valence-corrected chi connectivity index (χ0v) is 16.7. The fraction of sp³-hybridized carbons (Fsp3) is 0.545. The predicted molar refractivity (Wildman–Crippen MR) is 108 cm³/mol. The molecule has 0 bridgehead atoms. The van der Waals surface area contributed by atoms with E-state index in [2.05, 4.69) is 11.0 Å². The Labute approximate surface area is 166 Å². The average molecular weight is 383 g/mol. The second-order valence-corrected chi connectivity index (χ2v) is 8.40. The minimum atomic E-state index is -0.584. The molecular weight excluding hydrogens is 354 g/mol. The second kappa shape index (κ2) is 7.78. The SMILES string of the molecule is CC(C)(C(=O)N1C[C@@H](Cc2ccc3ccccc3n2)[C@H](O)C1)N1CCOCC1. The van der Waals surface area contributed by atoms with Crippen LogP contribution in [0.3, 0.4) is 0 Å². The lowest BCUT2D eigenvalue weighted by atomic mass is 9.98. The molecular formula is C22H29N3O3. The largest absolute Gasteiger partial charge is 0.391 e. The van der Waals surface area contributed by atoms with Gasteiger partial charge in [-0.25, -0.2) is 0 Å². The summed E-state index contributed by atoms with van der Waals surface area (Å²) in [6, 6.07) is 12.1. The van der Waals surface area contributed by atoms with Crippen LogP contribution in [0.25, 0.3) is 10.9 Å². The van der Waals surface area contributed by atoms with Crippen molar-refractivity contribution in [3.8, 4) is 0 Å². The van der Waals surface area contributed by atoms with Crippen LogP contribution in [0.15, 0.2) is 36.4 Å². The number of hydrogen-bond acceptors (Lipinski definition) is 5. The van der Waals surface area contributed by atoms with Crippen LogP contribution in [0.4, 0.5) is 0 Å². The molecule has 6 heteroatoms. The van der Waals surface area contributed by atoms with Gasteiger partial charge in [0.05, 0.1) is 30.4 Å². The van der Waals surface area contributed by atoms with Crippen LogP contribution in [0.2, 0.25) is 0 Å². The number of carbonyl (C=O) groups is 1. The van der Waals surface area contributed by atoms with Crippen molar-refractivity contribution >= 4 is 16.8 Å². The Bertz CT molecular complexity index is 848. The van der Waals surface area contributed by atoms with Crippen molar-refractivity contribution in [3.05, 3.63) is 42.1 Å². The maximum atomic E-state index is 13.2. The zero-order chi connectivity index (χ0) is 19.7. The number of aliphatic hydroxyl groups excluding tert-OH is 1. The van der Waals surface area contributed by atoms with Gasteiger partial charge in [-0.2, -0.15) is 0 Å². The van der Waals surface area contributed by atoms with Gasteiger partial charge in [-0.15, -0.1) is 0 Å². The first-order valence-electron chi connectivity index (χ1n) is 10.1. The molecule has 6 nitrogen and oxygen atoms in total. The topological polar surface area (TPSA) is 65.9 Å². The van der Waals surface area contributed by atoms with Crippen LogP contribution in [-0.2, 0) is 16.0 Å². The van der Waals surface area contributed by atoms with Crippen molar-refractivity contribution in [1.82, 2.24) is 14.8 Å². The number of ether oxygens (including phenoxy) is 1. The molecule has 0 saturated carbocycles. The Kier molecular flexibility index (Phi) is 5.36. The summed E-state index contributed by atoms with van der Waals surface area (Å²) in [5.41, 5.74) is 1.35. The number of benzene rings is 1. The Hall–Kier alpha value is -2.02. The summed E-state index contributed by atoms with van der Waals surface area (Å²) >= 11 is 0. The summed E-state index contributed by atoms with van der Waals surface area (Å²) in [5.74, 6) is 0.0977. The third kappa shape index (κ3) is 3.77. The quantitative estimate of drug-likeness (QED) is 0.871. The molecule has 3 heterocycles. The second-order valence-electron chi connectivity index (χ2n) is 8.40. The molecule has 1 amide bonds. The number of rotatable bonds is 4. The third-order valence-electron chi connectivity index (χ3n) is 6.15. The Balaban J connectivity index is 1.44. The summed E-state index contributed by atoms with van der Waals surface area (Å²) in [4.78, 5) is 21.9. The lowest BCUT2D eigenvalue weighted by molar-refractivity contribution is -0.144. The molecule has 0 unspecified atom stereocenters. The van der Waals surface area contributed by atoms with Crippen molar-refractivity contribution in [2.24, 2.45) is 5.92 Å². The van der Waals surface area contributed by atoms with E-state index in [1.165, 1.54) is 0 Å². The molecule has 2 fully saturated rings. The average Bonchev–Trinajstić information content (AvgIpc) is 3.08. The molecule has 2 aliphatic heterocycles. The lowest BCUT2D eigenvalue weighted by Gasteiger charge is -2.41. The first kappa shape index (κ1) is 19.3. The fourth-order valence-corrected chi connectivity index (χ4v) is 4.36. The standard InChI is InChI=1S/C22H29N3O3/c1-22(2,25-9-11-28-12-10-25)21(27)24-14-17(20(26)15-24)13-18-8-7-16-5-3-4-6-19(16)23-18/h3-8,17,20,26H,9-15H2,1-2H3/t17-,20-/m1/s1. The number of pyridine rings is 1. The van der Waals surface area contributed by atoms with Crippen molar-refractivity contribution in [1.29, 1.82) is 0 Å². The van der Waals surface area contributed by atoms with Gasteiger partial charge in [0, 0.05) is 43.2 Å². The molecule has 4 rings (SSSR count).